The van der Waals surface area contributed by atoms with Crippen LogP contribution in [-0.4, -0.2) is 21.2 Å². The smallest absolute Gasteiger partial charge is 0.355 e. The first-order chi connectivity index (χ1) is 7.99. The summed E-state index contributed by atoms with van der Waals surface area (Å²) in [6.07, 6.45) is 0. The van der Waals surface area contributed by atoms with E-state index in [0.717, 1.165) is 11.3 Å². The number of hydrogen-bond acceptors (Lipinski definition) is 4. The van der Waals surface area contributed by atoms with Gasteiger partial charge in [-0.1, -0.05) is 11.6 Å². The molecular formula is C10H5BrClNO3S. The number of aromatic carboxylic acids is 1. The van der Waals surface area contributed by atoms with Crippen molar-refractivity contribution in [3.8, 4) is 16.3 Å². The number of carbonyl (C=O) groups is 1. The van der Waals surface area contributed by atoms with E-state index >= 15 is 0 Å². The fourth-order valence-electron chi connectivity index (χ4n) is 1.22. The molecule has 2 rings (SSSR count). The van der Waals surface area contributed by atoms with Gasteiger partial charge in [-0.2, -0.15) is 0 Å². The second kappa shape index (κ2) is 4.64. The zero-order valence-electron chi connectivity index (χ0n) is 8.15. The van der Waals surface area contributed by atoms with E-state index in [-0.39, 0.29) is 11.4 Å². The van der Waals surface area contributed by atoms with Crippen molar-refractivity contribution in [1.29, 1.82) is 0 Å². The topological polar surface area (TPSA) is 70.4 Å². The monoisotopic (exact) mass is 333 g/mol. The van der Waals surface area contributed by atoms with Crippen LogP contribution in [0.15, 0.2) is 22.0 Å². The van der Waals surface area contributed by atoms with Crippen molar-refractivity contribution < 1.29 is 15.0 Å². The minimum Gasteiger partial charge on any atom is -0.506 e. The summed E-state index contributed by atoms with van der Waals surface area (Å²) >= 11 is 10.1. The maximum atomic E-state index is 10.7. The summed E-state index contributed by atoms with van der Waals surface area (Å²) in [7, 11) is 0. The summed E-state index contributed by atoms with van der Waals surface area (Å²) in [5, 5.41) is 20.8. The zero-order chi connectivity index (χ0) is 12.6. The Balaban J connectivity index is 2.56. The van der Waals surface area contributed by atoms with E-state index in [2.05, 4.69) is 20.9 Å². The SMILES string of the molecule is O=C(O)c1csc(-c2cc(Cl)cc(Br)c2O)n1. The number of carboxylic acids is 1. The Morgan fingerprint density at radius 1 is 1.47 bits per heavy atom. The Morgan fingerprint density at radius 2 is 2.18 bits per heavy atom. The normalized spacial score (nSPS) is 10.5. The number of benzene rings is 1. The van der Waals surface area contributed by atoms with Crippen molar-refractivity contribution in [3.63, 3.8) is 0 Å². The molecule has 0 atom stereocenters. The van der Waals surface area contributed by atoms with Crippen molar-refractivity contribution in [2.45, 2.75) is 0 Å². The van der Waals surface area contributed by atoms with Crippen molar-refractivity contribution in [2.75, 3.05) is 0 Å². The summed E-state index contributed by atoms with van der Waals surface area (Å²) < 4.78 is 0.437. The average molecular weight is 335 g/mol. The van der Waals surface area contributed by atoms with Crippen LogP contribution in [-0.2, 0) is 0 Å². The first-order valence-electron chi connectivity index (χ1n) is 4.36. The van der Waals surface area contributed by atoms with Crippen LogP contribution in [0.1, 0.15) is 10.5 Å². The van der Waals surface area contributed by atoms with Crippen LogP contribution >= 0.6 is 38.9 Å². The highest BCUT2D eigenvalue weighted by Crippen LogP contribution is 2.39. The molecule has 0 saturated carbocycles. The molecule has 1 heterocycles. The molecule has 0 aliphatic heterocycles. The number of rotatable bonds is 2. The Hall–Kier alpha value is -1.11. The molecule has 0 saturated heterocycles. The molecule has 1 aromatic heterocycles. The van der Waals surface area contributed by atoms with Gasteiger partial charge in [0.15, 0.2) is 5.69 Å². The number of nitrogens with zero attached hydrogens (tertiary/aromatic N) is 1. The van der Waals surface area contributed by atoms with E-state index in [9.17, 15) is 9.90 Å². The standard InChI is InChI=1S/C10H5BrClNO3S/c11-6-2-4(12)1-5(8(6)14)9-13-7(3-17-9)10(15)16/h1-3,14H,(H,15,16). The highest BCUT2D eigenvalue weighted by Gasteiger charge is 2.15. The second-order valence-electron chi connectivity index (χ2n) is 3.13. The largest absolute Gasteiger partial charge is 0.506 e. The van der Waals surface area contributed by atoms with E-state index in [4.69, 9.17) is 16.7 Å². The number of hydrogen-bond donors (Lipinski definition) is 2. The number of carboxylic acid groups (broad SMARTS) is 1. The number of phenols is 1. The Morgan fingerprint density at radius 3 is 2.76 bits per heavy atom. The summed E-state index contributed by atoms with van der Waals surface area (Å²) in [6, 6.07) is 3.08. The van der Waals surface area contributed by atoms with Crippen molar-refractivity contribution >= 4 is 44.8 Å². The summed E-state index contributed by atoms with van der Waals surface area (Å²) in [5.74, 6) is -1.12. The van der Waals surface area contributed by atoms with E-state index < -0.39 is 5.97 Å². The van der Waals surface area contributed by atoms with Gasteiger partial charge in [0.2, 0.25) is 0 Å². The maximum absolute atomic E-state index is 10.7. The minimum absolute atomic E-state index is 0.0133. The minimum atomic E-state index is -1.10. The van der Waals surface area contributed by atoms with Gasteiger partial charge in [0.1, 0.15) is 10.8 Å². The van der Waals surface area contributed by atoms with Crippen LogP contribution in [0.3, 0.4) is 0 Å². The van der Waals surface area contributed by atoms with E-state index in [1.807, 2.05) is 0 Å². The fourth-order valence-corrected chi connectivity index (χ4v) is 2.85. The number of thiazole rings is 1. The van der Waals surface area contributed by atoms with Crippen LogP contribution in [0, 0.1) is 0 Å². The molecule has 0 spiro atoms. The van der Waals surface area contributed by atoms with Crippen molar-refractivity contribution in [1.82, 2.24) is 4.98 Å². The number of phenolic OH excluding ortho intramolecular Hbond substituents is 1. The van der Waals surface area contributed by atoms with Gasteiger partial charge < -0.3 is 10.2 Å². The molecular weight excluding hydrogens is 330 g/mol. The van der Waals surface area contributed by atoms with Gasteiger partial charge in [0.25, 0.3) is 0 Å². The molecule has 4 nitrogen and oxygen atoms in total. The predicted octanol–water partition coefficient (Wildman–Crippen LogP) is 3.63. The van der Waals surface area contributed by atoms with Crippen LogP contribution in [0.25, 0.3) is 10.6 Å². The first kappa shape index (κ1) is 12.3. The third-order valence-electron chi connectivity index (χ3n) is 1.98. The maximum Gasteiger partial charge on any atom is 0.355 e. The molecule has 0 aliphatic rings. The van der Waals surface area contributed by atoms with Crippen LogP contribution in [0.5, 0.6) is 5.75 Å². The Kier molecular flexibility index (Phi) is 3.37. The lowest BCUT2D eigenvalue weighted by Gasteiger charge is -2.04. The number of halogens is 2. The lowest BCUT2D eigenvalue weighted by Crippen LogP contribution is -1.95. The highest BCUT2D eigenvalue weighted by molar-refractivity contribution is 9.10. The van der Waals surface area contributed by atoms with Crippen LogP contribution in [0.4, 0.5) is 0 Å². The quantitative estimate of drug-likeness (QED) is 0.880. The summed E-state index contributed by atoms with van der Waals surface area (Å²) in [6.45, 7) is 0. The van der Waals surface area contributed by atoms with Crippen LogP contribution in [0.2, 0.25) is 5.02 Å². The predicted molar refractivity (Wildman–Crippen MR) is 68.9 cm³/mol. The highest BCUT2D eigenvalue weighted by atomic mass is 79.9. The van der Waals surface area contributed by atoms with Gasteiger partial charge >= 0.3 is 5.97 Å². The summed E-state index contributed by atoms with van der Waals surface area (Å²) in [4.78, 5) is 14.6. The van der Waals surface area contributed by atoms with E-state index in [1.54, 1.807) is 6.07 Å². The van der Waals surface area contributed by atoms with Gasteiger partial charge in [-0.25, -0.2) is 9.78 Å². The zero-order valence-corrected chi connectivity index (χ0v) is 11.3. The van der Waals surface area contributed by atoms with Gasteiger partial charge in [-0.3, -0.25) is 0 Å². The van der Waals surface area contributed by atoms with Crippen molar-refractivity contribution in [3.05, 3.63) is 32.7 Å². The van der Waals surface area contributed by atoms with Crippen LogP contribution < -0.4 is 0 Å². The number of aromatic nitrogens is 1. The lowest BCUT2D eigenvalue weighted by molar-refractivity contribution is 0.0691. The van der Waals surface area contributed by atoms with E-state index in [0.29, 0.717) is 20.1 Å². The second-order valence-corrected chi connectivity index (χ2v) is 5.28. The Bertz CT molecular complexity index is 599. The molecule has 1 aromatic carbocycles. The Labute approximate surface area is 114 Å². The molecule has 0 radical (unpaired) electrons. The fraction of sp³-hybridized carbons (Fsp3) is 0. The molecule has 2 N–H and O–H groups in total. The molecule has 88 valence electrons. The molecule has 0 unspecified atom stereocenters. The lowest BCUT2D eigenvalue weighted by atomic mass is 10.2. The molecule has 0 fully saturated rings. The number of aromatic hydroxyl groups is 1. The third-order valence-corrected chi connectivity index (χ3v) is 3.68. The average Bonchev–Trinajstić information content (AvgIpc) is 2.72. The molecule has 7 heteroatoms. The molecule has 17 heavy (non-hydrogen) atoms. The van der Waals surface area contributed by atoms with Gasteiger partial charge in [0.05, 0.1) is 10.0 Å². The molecule has 2 aromatic rings. The molecule has 0 aliphatic carbocycles. The van der Waals surface area contributed by atoms with Crippen molar-refractivity contribution in [2.24, 2.45) is 0 Å². The molecule has 0 bridgehead atoms. The van der Waals surface area contributed by atoms with E-state index in [1.165, 1.54) is 11.4 Å². The van der Waals surface area contributed by atoms with Gasteiger partial charge in [0, 0.05) is 10.4 Å². The first-order valence-corrected chi connectivity index (χ1v) is 6.41. The third kappa shape index (κ3) is 2.43. The van der Waals surface area contributed by atoms with Gasteiger partial charge in [-0.05, 0) is 28.1 Å². The van der Waals surface area contributed by atoms with Gasteiger partial charge in [-0.15, -0.1) is 11.3 Å². The summed E-state index contributed by atoms with van der Waals surface area (Å²) in [5.41, 5.74) is 0.349. The molecule has 0 amide bonds.